The van der Waals surface area contributed by atoms with E-state index >= 15 is 0 Å². The maximum absolute atomic E-state index is 3.06. The van der Waals surface area contributed by atoms with E-state index in [4.69, 9.17) is 0 Å². The van der Waals surface area contributed by atoms with Gasteiger partial charge in [0.2, 0.25) is 0 Å². The molecule has 234 valence electrons. The van der Waals surface area contributed by atoms with Crippen LogP contribution in [0.4, 0.5) is 0 Å². The predicted molar refractivity (Wildman–Crippen MR) is 204 cm³/mol. The molecule has 0 aliphatic rings. The van der Waals surface area contributed by atoms with E-state index in [0.29, 0.717) is 11.8 Å². The van der Waals surface area contributed by atoms with Gasteiger partial charge in [-0.3, -0.25) is 0 Å². The van der Waals surface area contributed by atoms with Crippen molar-refractivity contribution in [3.05, 3.63) is 158 Å². The molecular formula is C44H46SiZr-4. The van der Waals surface area contributed by atoms with Gasteiger partial charge in [0.15, 0.2) is 0 Å². The van der Waals surface area contributed by atoms with Crippen molar-refractivity contribution in [1.82, 2.24) is 0 Å². The Morgan fingerprint density at radius 3 is 1.87 bits per heavy atom. The monoisotopic (exact) mass is 692 g/mol. The normalized spacial score (nSPS) is 10.6. The predicted octanol–water partition coefficient (Wildman–Crippen LogP) is 13.0. The van der Waals surface area contributed by atoms with Gasteiger partial charge in [-0.2, -0.15) is 12.1 Å². The Morgan fingerprint density at radius 1 is 0.565 bits per heavy atom. The average Bonchev–Trinajstić information content (AvgIpc) is 3.67. The minimum atomic E-state index is 0. The van der Waals surface area contributed by atoms with E-state index in [1.54, 1.807) is 0 Å². The van der Waals surface area contributed by atoms with Crippen LogP contribution in [0.15, 0.2) is 121 Å². The summed E-state index contributed by atoms with van der Waals surface area (Å²) in [4.78, 5) is 0. The van der Waals surface area contributed by atoms with Gasteiger partial charge in [-0.05, 0) is 39.3 Å². The van der Waals surface area contributed by atoms with Gasteiger partial charge in [-0.1, -0.05) is 132 Å². The number of fused-ring (bicyclic) bond motifs is 3. The summed E-state index contributed by atoms with van der Waals surface area (Å²) in [6.45, 7) is 16.4. The van der Waals surface area contributed by atoms with E-state index in [1.807, 2.05) is 0 Å². The van der Waals surface area contributed by atoms with E-state index in [0.717, 1.165) is 0 Å². The summed E-state index contributed by atoms with van der Waals surface area (Å²) in [5, 5.41) is 8.09. The first kappa shape index (κ1) is 37.1. The summed E-state index contributed by atoms with van der Waals surface area (Å²) in [5.74, 6) is 1.15. The van der Waals surface area contributed by atoms with Crippen LogP contribution in [-0.2, 0) is 23.3 Å². The zero-order valence-electron chi connectivity index (χ0n) is 28.7. The van der Waals surface area contributed by atoms with Crippen molar-refractivity contribution >= 4 is 39.2 Å². The molecule has 0 unspecified atom stereocenters. The van der Waals surface area contributed by atoms with Crippen molar-refractivity contribution in [2.24, 2.45) is 0 Å². The molecule has 0 aliphatic carbocycles. The molecule has 0 amide bonds. The molecule has 0 spiro atoms. The van der Waals surface area contributed by atoms with Gasteiger partial charge in [0.05, 0.1) is 0 Å². The molecule has 7 aromatic rings. The molecule has 0 saturated heterocycles. The second-order valence-corrected chi connectivity index (χ2v) is 12.3. The van der Waals surface area contributed by atoms with E-state index in [2.05, 4.69) is 170 Å². The van der Waals surface area contributed by atoms with E-state index in [-0.39, 0.29) is 14.9 Å². The third-order valence-electron chi connectivity index (χ3n) is 8.66. The molecule has 2 radical (unpaired) electrons. The molecular weight excluding hydrogens is 648 g/mol. The van der Waals surface area contributed by atoms with Crippen molar-refractivity contribution in [1.29, 1.82) is 0 Å². The van der Waals surface area contributed by atoms with Crippen LogP contribution in [0.1, 0.15) is 61.8 Å². The molecule has 7 rings (SSSR count). The first-order valence-corrected chi connectivity index (χ1v) is 19.7. The fourth-order valence-electron chi connectivity index (χ4n) is 6.18. The molecule has 46 heavy (non-hydrogen) atoms. The maximum atomic E-state index is 3.06. The molecule has 0 bridgehead atoms. The summed E-state index contributed by atoms with van der Waals surface area (Å²) in [5.41, 5.74) is 10.8. The topological polar surface area (TPSA) is 0 Å². The van der Waals surface area contributed by atoms with Crippen LogP contribution in [0.25, 0.3) is 54.6 Å². The molecule has 2 heteroatoms. The van der Waals surface area contributed by atoms with Gasteiger partial charge in [0, 0.05) is 0 Å². The van der Waals surface area contributed by atoms with E-state index in [9.17, 15) is 0 Å². The Bertz CT molecular complexity index is 2010. The van der Waals surface area contributed by atoms with Gasteiger partial charge in [0.1, 0.15) is 0 Å². The van der Waals surface area contributed by atoms with Gasteiger partial charge < -0.3 is 14.9 Å². The molecule has 0 aromatic heterocycles. The molecule has 0 fully saturated rings. The van der Waals surface area contributed by atoms with Crippen molar-refractivity contribution in [2.75, 3.05) is 0 Å². The van der Waals surface area contributed by atoms with E-state index in [1.165, 1.54) is 100 Å². The Balaban J connectivity index is 0.000000229. The SMILES string of the molecule is CC(C)c1cc2c(-c3cccc4ccccc34)cccc2[cH-]1.Cc1cc2c(-c3ccc(C(C)C)cc3)ccc(C)c2[cH-]1.[CH3-].[CH3-].[Si]=[Zr]. The minimum absolute atomic E-state index is 0. The van der Waals surface area contributed by atoms with Gasteiger partial charge in [0.25, 0.3) is 0 Å². The number of aryl methyl sites for hydroxylation is 2. The zero-order chi connectivity index (χ0) is 31.4. The molecule has 0 atom stereocenters. The van der Waals surface area contributed by atoms with Crippen molar-refractivity contribution < 1.29 is 23.3 Å². The zero-order valence-corrected chi connectivity index (χ0v) is 32.2. The number of benzene rings is 5. The summed E-state index contributed by atoms with van der Waals surface area (Å²) < 4.78 is 0. The van der Waals surface area contributed by atoms with Gasteiger partial charge in [-0.25, -0.2) is 0 Å². The first-order valence-electron chi connectivity index (χ1n) is 15.5. The Morgan fingerprint density at radius 2 is 1.20 bits per heavy atom. The fraction of sp³-hybridized carbons (Fsp3) is 0.182. The molecule has 7 aromatic carbocycles. The van der Waals surface area contributed by atoms with Crippen LogP contribution in [0.3, 0.4) is 0 Å². The molecule has 0 nitrogen and oxygen atoms in total. The number of rotatable bonds is 4. The molecule has 0 saturated carbocycles. The van der Waals surface area contributed by atoms with Crippen LogP contribution < -0.4 is 0 Å². The van der Waals surface area contributed by atoms with Crippen LogP contribution >= 0.6 is 0 Å². The fourth-order valence-corrected chi connectivity index (χ4v) is 6.18. The second-order valence-electron chi connectivity index (χ2n) is 12.3. The Labute approximate surface area is 294 Å². The summed E-state index contributed by atoms with van der Waals surface area (Å²) >= 11 is 1.36. The van der Waals surface area contributed by atoms with Crippen molar-refractivity contribution in [3.8, 4) is 22.3 Å². The van der Waals surface area contributed by atoms with E-state index < -0.39 is 0 Å². The number of hydrogen-bond donors (Lipinski definition) is 0. The summed E-state index contributed by atoms with van der Waals surface area (Å²) in [6, 6.07) is 44.6. The van der Waals surface area contributed by atoms with Crippen LogP contribution in [-0.4, -0.2) is 6.88 Å². The third kappa shape index (κ3) is 7.79. The average molecular weight is 694 g/mol. The van der Waals surface area contributed by atoms with Crippen LogP contribution in [0.2, 0.25) is 0 Å². The Kier molecular flexibility index (Phi) is 13.3. The number of hydrogen-bond acceptors (Lipinski definition) is 0. The Hall–Kier alpha value is -3.32. The van der Waals surface area contributed by atoms with Crippen LogP contribution in [0, 0.1) is 28.7 Å². The van der Waals surface area contributed by atoms with Crippen molar-refractivity contribution in [3.63, 3.8) is 0 Å². The summed E-state index contributed by atoms with van der Waals surface area (Å²) in [7, 11) is 0. The van der Waals surface area contributed by atoms with Crippen molar-refractivity contribution in [2.45, 2.75) is 53.4 Å². The second kappa shape index (κ2) is 16.5. The van der Waals surface area contributed by atoms with Gasteiger partial charge >= 0.3 is 30.2 Å². The molecule has 0 aliphatic heterocycles. The molecule has 0 heterocycles. The van der Waals surface area contributed by atoms with Crippen LogP contribution in [0.5, 0.6) is 0 Å². The standard InChI is InChI=1S/C22H19.C20H21.2CH3.Si.Zr/c1-15(2)18-13-17-9-6-12-21(22(17)14-18)20-11-5-8-16-7-3-4-10-19(16)20;1-13(2)16-6-8-17(9-7-16)18-10-5-15(4)19-11-14(3)12-20(18)19;;;;/h3-15H,1-2H3;5-13H,1-4H3;2*1H3;;/q4*-1;;. The molecule has 0 N–H and O–H groups in total. The quantitative estimate of drug-likeness (QED) is 0.127. The summed E-state index contributed by atoms with van der Waals surface area (Å²) in [6.07, 6.45) is 0. The first-order chi connectivity index (χ1) is 21.3. The third-order valence-corrected chi connectivity index (χ3v) is 8.66. The van der Waals surface area contributed by atoms with Gasteiger partial charge in [-0.15, -0.1) is 68.6 Å².